The van der Waals surface area contributed by atoms with Gasteiger partial charge in [-0.2, -0.15) is 0 Å². The molecule has 0 unspecified atom stereocenters. The molecule has 0 heterocycles. The lowest BCUT2D eigenvalue weighted by atomic mass is 9.97. The Kier molecular flexibility index (Phi) is 9.18. The summed E-state index contributed by atoms with van der Waals surface area (Å²) in [5, 5.41) is 0. The molecule has 0 bridgehead atoms. The molecule has 3 N–H and O–H groups in total. The smallest absolute Gasteiger partial charge is 0.0889 e. The standard InChI is InChI=1S/C14H31N/c1-4-5-6-7-8-9-10-11-12-13-14(2,3)15/h4-13,15H2,1-3H3/p+1. The Morgan fingerprint density at radius 3 is 1.53 bits per heavy atom. The van der Waals surface area contributed by atoms with Gasteiger partial charge in [0.25, 0.3) is 0 Å². The summed E-state index contributed by atoms with van der Waals surface area (Å²) in [4.78, 5) is 0. The molecule has 0 aliphatic carbocycles. The molecule has 0 aromatic rings. The third-order valence-corrected chi connectivity index (χ3v) is 2.96. The molecule has 0 aliphatic heterocycles. The van der Waals surface area contributed by atoms with E-state index >= 15 is 0 Å². The Morgan fingerprint density at radius 2 is 1.13 bits per heavy atom. The molecule has 0 aromatic carbocycles. The van der Waals surface area contributed by atoms with E-state index in [9.17, 15) is 0 Å². The van der Waals surface area contributed by atoms with Crippen LogP contribution in [-0.2, 0) is 0 Å². The molecule has 92 valence electrons. The van der Waals surface area contributed by atoms with Crippen LogP contribution in [-0.4, -0.2) is 5.54 Å². The third kappa shape index (κ3) is 14.0. The molecule has 0 amide bonds. The van der Waals surface area contributed by atoms with Gasteiger partial charge in [0.1, 0.15) is 0 Å². The van der Waals surface area contributed by atoms with Gasteiger partial charge >= 0.3 is 0 Å². The second-order valence-electron chi connectivity index (χ2n) is 5.74. The van der Waals surface area contributed by atoms with E-state index in [1.807, 2.05) is 0 Å². The lowest BCUT2D eigenvalue weighted by molar-refractivity contribution is -0.467. The zero-order valence-corrected chi connectivity index (χ0v) is 11.3. The van der Waals surface area contributed by atoms with Crippen LogP contribution in [0, 0.1) is 0 Å². The second kappa shape index (κ2) is 9.21. The Balaban J connectivity index is 2.99. The van der Waals surface area contributed by atoms with Gasteiger partial charge in [0.2, 0.25) is 0 Å². The van der Waals surface area contributed by atoms with Gasteiger partial charge in [0.05, 0.1) is 5.54 Å². The van der Waals surface area contributed by atoms with Gasteiger partial charge in [-0.05, 0) is 20.3 Å². The molecular formula is C14H32N+. The molecule has 0 radical (unpaired) electrons. The van der Waals surface area contributed by atoms with Crippen molar-refractivity contribution in [2.75, 3.05) is 0 Å². The fraction of sp³-hybridized carbons (Fsp3) is 1.00. The number of quaternary nitrogens is 1. The number of hydrogen-bond acceptors (Lipinski definition) is 0. The van der Waals surface area contributed by atoms with Crippen molar-refractivity contribution in [2.24, 2.45) is 0 Å². The van der Waals surface area contributed by atoms with Crippen LogP contribution in [0.5, 0.6) is 0 Å². The highest BCUT2D eigenvalue weighted by Gasteiger charge is 2.12. The lowest BCUT2D eigenvalue weighted by Crippen LogP contribution is -2.68. The summed E-state index contributed by atoms with van der Waals surface area (Å²) in [7, 11) is 0. The zero-order chi connectivity index (χ0) is 11.6. The second-order valence-corrected chi connectivity index (χ2v) is 5.74. The molecule has 0 saturated heterocycles. The van der Waals surface area contributed by atoms with Crippen molar-refractivity contribution in [3.63, 3.8) is 0 Å². The summed E-state index contributed by atoms with van der Waals surface area (Å²) in [6, 6.07) is 0. The van der Waals surface area contributed by atoms with Crippen LogP contribution in [0.2, 0.25) is 0 Å². The fourth-order valence-corrected chi connectivity index (χ4v) is 1.91. The molecule has 0 aromatic heterocycles. The number of hydrogen-bond donors (Lipinski definition) is 1. The van der Waals surface area contributed by atoms with Crippen molar-refractivity contribution in [1.29, 1.82) is 0 Å². The van der Waals surface area contributed by atoms with E-state index in [1.54, 1.807) is 0 Å². The highest BCUT2D eigenvalue weighted by atomic mass is 14.7. The average molecular weight is 214 g/mol. The lowest BCUT2D eigenvalue weighted by Gasteiger charge is -2.13. The Morgan fingerprint density at radius 1 is 0.733 bits per heavy atom. The molecule has 15 heavy (non-hydrogen) atoms. The molecule has 0 fully saturated rings. The minimum absolute atomic E-state index is 0.293. The Hall–Kier alpha value is -0.0400. The van der Waals surface area contributed by atoms with E-state index in [-0.39, 0.29) is 0 Å². The van der Waals surface area contributed by atoms with E-state index in [4.69, 9.17) is 0 Å². The maximum Gasteiger partial charge on any atom is 0.0889 e. The van der Waals surface area contributed by atoms with Crippen molar-refractivity contribution in [3.05, 3.63) is 0 Å². The van der Waals surface area contributed by atoms with E-state index in [0.29, 0.717) is 5.54 Å². The maximum atomic E-state index is 4.14. The van der Waals surface area contributed by atoms with Gasteiger partial charge < -0.3 is 5.73 Å². The first-order valence-electron chi connectivity index (χ1n) is 6.91. The van der Waals surface area contributed by atoms with Crippen LogP contribution >= 0.6 is 0 Å². The van der Waals surface area contributed by atoms with E-state index < -0.39 is 0 Å². The van der Waals surface area contributed by atoms with Gasteiger partial charge in [0.15, 0.2) is 0 Å². The van der Waals surface area contributed by atoms with Gasteiger partial charge in [-0.1, -0.05) is 58.3 Å². The van der Waals surface area contributed by atoms with E-state index in [2.05, 4.69) is 26.5 Å². The third-order valence-electron chi connectivity index (χ3n) is 2.96. The highest BCUT2D eigenvalue weighted by Crippen LogP contribution is 2.13. The summed E-state index contributed by atoms with van der Waals surface area (Å²) in [6.07, 6.45) is 14.1. The molecule has 0 rings (SSSR count). The Labute approximate surface area is 96.8 Å². The van der Waals surface area contributed by atoms with Gasteiger partial charge in [-0.15, -0.1) is 0 Å². The maximum absolute atomic E-state index is 4.14. The molecule has 0 atom stereocenters. The van der Waals surface area contributed by atoms with Crippen LogP contribution in [0.15, 0.2) is 0 Å². The van der Waals surface area contributed by atoms with Gasteiger partial charge in [0, 0.05) is 6.42 Å². The van der Waals surface area contributed by atoms with Crippen LogP contribution in [0.1, 0.15) is 85.0 Å². The van der Waals surface area contributed by atoms with Crippen LogP contribution < -0.4 is 5.73 Å². The quantitative estimate of drug-likeness (QED) is 0.534. The van der Waals surface area contributed by atoms with Gasteiger partial charge in [-0.3, -0.25) is 0 Å². The largest absolute Gasteiger partial charge is 0.353 e. The van der Waals surface area contributed by atoms with E-state index in [1.165, 1.54) is 64.2 Å². The van der Waals surface area contributed by atoms with Crippen molar-refractivity contribution in [1.82, 2.24) is 0 Å². The predicted molar refractivity (Wildman–Crippen MR) is 68.8 cm³/mol. The summed E-state index contributed by atoms with van der Waals surface area (Å²) in [5.74, 6) is 0. The van der Waals surface area contributed by atoms with Crippen molar-refractivity contribution in [2.45, 2.75) is 90.5 Å². The summed E-state index contributed by atoms with van der Waals surface area (Å²) < 4.78 is 0. The van der Waals surface area contributed by atoms with Crippen LogP contribution in [0.25, 0.3) is 0 Å². The summed E-state index contributed by atoms with van der Waals surface area (Å²) in [6.45, 7) is 6.75. The molecule has 0 aliphatic rings. The first-order chi connectivity index (χ1) is 7.06. The molecule has 1 nitrogen and oxygen atoms in total. The highest BCUT2D eigenvalue weighted by molar-refractivity contribution is 4.62. The molecule has 0 spiro atoms. The SMILES string of the molecule is CCCCCCCCCCCC(C)(C)[NH3+]. The first kappa shape index (κ1) is 15.0. The van der Waals surface area contributed by atoms with Crippen LogP contribution in [0.4, 0.5) is 0 Å². The number of unbranched alkanes of at least 4 members (excludes halogenated alkanes) is 8. The monoisotopic (exact) mass is 214 g/mol. The number of rotatable bonds is 10. The molecular weight excluding hydrogens is 182 g/mol. The molecule has 0 saturated carbocycles. The average Bonchev–Trinajstić information content (AvgIpc) is 2.14. The van der Waals surface area contributed by atoms with Crippen molar-refractivity contribution in [3.8, 4) is 0 Å². The summed E-state index contributed by atoms with van der Waals surface area (Å²) >= 11 is 0. The zero-order valence-electron chi connectivity index (χ0n) is 11.3. The first-order valence-corrected chi connectivity index (χ1v) is 6.91. The predicted octanol–water partition coefficient (Wildman–Crippen LogP) is 3.93. The fourth-order valence-electron chi connectivity index (χ4n) is 1.91. The topological polar surface area (TPSA) is 27.6 Å². The Bertz CT molecular complexity index is 124. The van der Waals surface area contributed by atoms with Crippen molar-refractivity contribution >= 4 is 0 Å². The van der Waals surface area contributed by atoms with Crippen LogP contribution in [0.3, 0.4) is 0 Å². The minimum Gasteiger partial charge on any atom is -0.353 e. The minimum atomic E-state index is 0.293. The van der Waals surface area contributed by atoms with Gasteiger partial charge in [-0.25, -0.2) is 0 Å². The summed E-state index contributed by atoms with van der Waals surface area (Å²) in [5.41, 5.74) is 4.43. The normalized spacial score (nSPS) is 12.0. The van der Waals surface area contributed by atoms with E-state index in [0.717, 1.165) is 0 Å². The van der Waals surface area contributed by atoms with Crippen molar-refractivity contribution < 1.29 is 5.73 Å². The molecule has 1 heteroatoms.